The van der Waals surface area contributed by atoms with Crippen LogP contribution in [0.3, 0.4) is 0 Å². The Bertz CT molecular complexity index is 1870. The second-order valence-corrected chi connectivity index (χ2v) is 12.9. The Hall–Kier alpha value is -3.50. The molecule has 0 bridgehead atoms. The van der Waals surface area contributed by atoms with Crippen LogP contribution in [0.2, 0.25) is 0 Å². The van der Waals surface area contributed by atoms with E-state index < -0.39 is 0 Å². The van der Waals surface area contributed by atoms with Crippen LogP contribution >= 0.6 is 31.5 Å². The van der Waals surface area contributed by atoms with Gasteiger partial charge in [0.25, 0.3) is 0 Å². The molecular formula is C36H26Cl2FeN2S. The molecule has 208 valence electrons. The van der Waals surface area contributed by atoms with Gasteiger partial charge in [-0.25, -0.2) is 0 Å². The van der Waals surface area contributed by atoms with E-state index in [2.05, 4.69) is 135 Å². The quantitative estimate of drug-likeness (QED) is 0.103. The van der Waals surface area contributed by atoms with E-state index in [1.54, 1.807) is 11.3 Å². The molecule has 0 aliphatic carbocycles. The number of rotatable bonds is 4. The first-order chi connectivity index (χ1) is 20.6. The summed E-state index contributed by atoms with van der Waals surface area (Å²) in [5.74, 6) is 0. The van der Waals surface area contributed by atoms with E-state index in [0.29, 0.717) is 0 Å². The van der Waals surface area contributed by atoms with Crippen LogP contribution in [-0.4, -0.2) is 11.4 Å². The van der Waals surface area contributed by atoms with E-state index in [1.807, 2.05) is 0 Å². The summed E-state index contributed by atoms with van der Waals surface area (Å²) in [4.78, 5) is 12.7. The first-order valence-corrected chi connectivity index (χ1v) is 17.3. The molecule has 0 fully saturated rings. The molecular weight excluding hydrogens is 619 g/mol. The summed E-state index contributed by atoms with van der Waals surface area (Å²) in [6, 6.07) is 42.9. The van der Waals surface area contributed by atoms with E-state index in [9.17, 15) is 0 Å². The second-order valence-electron chi connectivity index (χ2n) is 9.94. The minimum absolute atomic E-state index is 0.194. The second kappa shape index (κ2) is 12.8. The van der Waals surface area contributed by atoms with Crippen LogP contribution in [0.5, 0.6) is 0 Å². The predicted molar refractivity (Wildman–Crippen MR) is 183 cm³/mol. The van der Waals surface area contributed by atoms with Gasteiger partial charge in [-0.1, -0.05) is 97.1 Å². The van der Waals surface area contributed by atoms with Crippen molar-refractivity contribution in [1.29, 1.82) is 0 Å². The summed E-state index contributed by atoms with van der Waals surface area (Å²) in [5, 5.41) is 9.53. The fourth-order valence-electron chi connectivity index (χ4n) is 5.39. The summed E-state index contributed by atoms with van der Waals surface area (Å²) in [7, 11) is 9.53. The van der Waals surface area contributed by atoms with Gasteiger partial charge in [0, 0.05) is 31.3 Å². The van der Waals surface area contributed by atoms with Crippen molar-refractivity contribution in [1.82, 2.24) is 0 Å². The van der Waals surface area contributed by atoms with Gasteiger partial charge in [-0.15, -0.1) is 11.3 Å². The first-order valence-electron chi connectivity index (χ1n) is 13.4. The Kier molecular flexibility index (Phi) is 8.71. The predicted octanol–water partition coefficient (Wildman–Crippen LogP) is 12.0. The van der Waals surface area contributed by atoms with Crippen LogP contribution in [0.4, 0.5) is 11.4 Å². The Labute approximate surface area is 264 Å². The van der Waals surface area contributed by atoms with Gasteiger partial charge < -0.3 is 0 Å². The summed E-state index contributed by atoms with van der Waals surface area (Å²) >= 11 is 1.94. The maximum atomic E-state index is 5.21. The number of fused-ring (bicyclic) bond motifs is 4. The normalized spacial score (nSPS) is 12.3. The topological polar surface area (TPSA) is 24.7 Å². The molecule has 6 heteroatoms. The van der Waals surface area contributed by atoms with E-state index >= 15 is 0 Å². The molecule has 42 heavy (non-hydrogen) atoms. The van der Waals surface area contributed by atoms with Crippen LogP contribution in [0.15, 0.2) is 131 Å². The summed E-state index contributed by atoms with van der Waals surface area (Å²) in [6.07, 6.45) is 0. The third-order valence-corrected chi connectivity index (χ3v) is 8.67. The molecule has 0 saturated heterocycles. The molecule has 0 atom stereocenters. The van der Waals surface area contributed by atoms with Crippen molar-refractivity contribution in [3.63, 3.8) is 0 Å². The van der Waals surface area contributed by atoms with Gasteiger partial charge >= 0.3 is 33.3 Å². The number of aliphatic imine (C=N–C) groups is 2. The van der Waals surface area contributed by atoms with Crippen molar-refractivity contribution in [3.8, 4) is 0 Å². The number of thiophene rings is 1. The van der Waals surface area contributed by atoms with Crippen molar-refractivity contribution < 1.29 is 13.1 Å². The fraction of sp³-hybridized carbons (Fsp3) is 0.0556. The van der Waals surface area contributed by atoms with Gasteiger partial charge in [-0.3, -0.25) is 9.98 Å². The Morgan fingerprint density at radius 2 is 0.786 bits per heavy atom. The minimum atomic E-state index is 0.194. The zero-order valence-corrected chi connectivity index (χ0v) is 26.4. The molecule has 6 aromatic carbocycles. The molecule has 0 spiro atoms. The van der Waals surface area contributed by atoms with Crippen molar-refractivity contribution in [2.45, 2.75) is 13.8 Å². The maximum absolute atomic E-state index is 5.21. The van der Waals surface area contributed by atoms with Crippen LogP contribution in [-0.2, 0) is 13.1 Å². The Morgan fingerprint density at radius 3 is 1.10 bits per heavy atom. The van der Waals surface area contributed by atoms with Crippen molar-refractivity contribution in [2.24, 2.45) is 9.98 Å². The monoisotopic (exact) mass is 644 g/mol. The number of benzene rings is 6. The third kappa shape index (κ3) is 5.74. The number of hydrogen-bond donors (Lipinski definition) is 0. The van der Waals surface area contributed by atoms with Gasteiger partial charge in [-0.05, 0) is 59.7 Å². The molecule has 0 saturated carbocycles. The zero-order valence-electron chi connectivity index (χ0n) is 23.0. The Morgan fingerprint density at radius 1 is 0.500 bits per heavy atom. The fourth-order valence-corrected chi connectivity index (χ4v) is 6.29. The Balaban J connectivity index is 0.00000101. The molecule has 0 aliphatic rings. The molecule has 0 unspecified atom stereocenters. The molecule has 2 nitrogen and oxygen atoms in total. The van der Waals surface area contributed by atoms with Gasteiger partial charge in [0.1, 0.15) is 0 Å². The molecule has 1 aromatic heterocycles. The molecule has 0 aliphatic heterocycles. The standard InChI is InChI=1S/C36H26N2S.2ClH.Fe/c1-23(37-35-29-15-7-3-11-25(29)21-26-12-4-8-16-30(26)35)33-19-20-34(39-33)24(2)38-36-31-17-9-5-13-27(31)22-28-14-6-10-18-32(28)36;;;/h3-22H,1-2H3;2*1H;/q;;;+2/p-2. The van der Waals surface area contributed by atoms with Gasteiger partial charge in [0.15, 0.2) is 0 Å². The van der Waals surface area contributed by atoms with E-state index in [4.69, 9.17) is 30.2 Å². The van der Waals surface area contributed by atoms with Crippen molar-refractivity contribution >= 4 is 97.4 Å². The van der Waals surface area contributed by atoms with Crippen LogP contribution in [0.25, 0.3) is 43.1 Å². The number of nitrogens with zero attached hydrogens (tertiary/aromatic N) is 2. The van der Waals surface area contributed by atoms with Gasteiger partial charge in [0.05, 0.1) is 22.8 Å². The van der Waals surface area contributed by atoms with Crippen LogP contribution in [0, 0.1) is 0 Å². The van der Waals surface area contributed by atoms with E-state index in [-0.39, 0.29) is 13.1 Å². The first kappa shape index (κ1) is 28.6. The van der Waals surface area contributed by atoms with Crippen LogP contribution < -0.4 is 0 Å². The van der Waals surface area contributed by atoms with Crippen molar-refractivity contribution in [3.05, 3.63) is 131 Å². The molecule has 1 heterocycles. The van der Waals surface area contributed by atoms with Gasteiger partial charge in [0.2, 0.25) is 0 Å². The zero-order chi connectivity index (χ0) is 29.1. The van der Waals surface area contributed by atoms with Gasteiger partial charge in [-0.2, -0.15) is 0 Å². The summed E-state index contributed by atoms with van der Waals surface area (Å²) in [6.45, 7) is 4.22. The molecule has 0 amide bonds. The average Bonchev–Trinajstić information content (AvgIpc) is 3.52. The van der Waals surface area contributed by atoms with E-state index in [0.717, 1.165) is 32.6 Å². The summed E-state index contributed by atoms with van der Waals surface area (Å²) < 4.78 is 0. The SMILES string of the molecule is CC(=Nc1c2ccccc2cc2ccccc12)c1ccc(C(C)=Nc2c3ccccc3cc3ccccc23)s1.[Cl][Fe][Cl]. The molecule has 7 rings (SSSR count). The summed E-state index contributed by atoms with van der Waals surface area (Å²) in [5.41, 5.74) is 4.08. The van der Waals surface area contributed by atoms with Crippen molar-refractivity contribution in [2.75, 3.05) is 0 Å². The number of hydrogen-bond acceptors (Lipinski definition) is 3. The number of halogens is 2. The van der Waals surface area contributed by atoms with E-state index in [1.165, 1.54) is 43.1 Å². The molecule has 0 N–H and O–H groups in total. The van der Waals surface area contributed by atoms with Crippen LogP contribution in [0.1, 0.15) is 23.6 Å². The average molecular weight is 645 g/mol. The molecule has 0 radical (unpaired) electrons. The third-order valence-electron chi connectivity index (χ3n) is 7.36. The molecule has 7 aromatic rings.